The van der Waals surface area contributed by atoms with Gasteiger partial charge in [0.1, 0.15) is 17.4 Å². The molecule has 2 aliphatic rings. The molecular formula is C28H23N3O4S2. The maximum absolute atomic E-state index is 13.1. The van der Waals surface area contributed by atoms with Crippen molar-refractivity contribution >= 4 is 62.7 Å². The second kappa shape index (κ2) is 9.91. The molecule has 0 saturated heterocycles. The van der Waals surface area contributed by atoms with Gasteiger partial charge in [0.15, 0.2) is 11.8 Å². The number of hydrogen-bond donors (Lipinski definition) is 2. The van der Waals surface area contributed by atoms with Crippen molar-refractivity contribution in [3.8, 4) is 5.75 Å². The summed E-state index contributed by atoms with van der Waals surface area (Å²) in [6.45, 7) is 3.80. The lowest BCUT2D eigenvalue weighted by Crippen LogP contribution is -2.55. The molecule has 7 nitrogen and oxygen atoms in total. The van der Waals surface area contributed by atoms with Crippen molar-refractivity contribution in [2.24, 2.45) is 5.92 Å². The SMILES string of the molecule is Cc1ccc2cccc(OC(C)C3C(=S)CC=C(NC(=O)C4NC(=O)c5ccccc5C4=O)C3=S)c2n1. The molecule has 0 fully saturated rings. The topological polar surface area (TPSA) is 97.4 Å². The van der Waals surface area contributed by atoms with E-state index in [0.29, 0.717) is 27.6 Å². The Kier molecular flexibility index (Phi) is 6.66. The smallest absolute Gasteiger partial charge is 0.255 e. The number of Topliss-reactive ketones (excluding diaryl/α,β-unsaturated/α-hetero) is 1. The van der Waals surface area contributed by atoms with Gasteiger partial charge in [-0.25, -0.2) is 4.98 Å². The molecule has 2 amide bonds. The van der Waals surface area contributed by atoms with E-state index in [1.807, 2.05) is 44.2 Å². The fraction of sp³-hybridized carbons (Fsp3) is 0.214. The van der Waals surface area contributed by atoms with E-state index < -0.39 is 35.7 Å². The zero-order valence-corrected chi connectivity index (χ0v) is 21.7. The minimum atomic E-state index is -1.35. The van der Waals surface area contributed by atoms with Gasteiger partial charge in [-0.2, -0.15) is 0 Å². The fourth-order valence-corrected chi connectivity index (χ4v) is 5.56. The molecule has 0 bridgehead atoms. The van der Waals surface area contributed by atoms with Crippen molar-refractivity contribution in [3.05, 3.63) is 83.2 Å². The first-order valence-corrected chi connectivity index (χ1v) is 12.6. The number of hydrogen-bond acceptors (Lipinski definition) is 7. The van der Waals surface area contributed by atoms with Crippen LogP contribution in [0.15, 0.2) is 66.4 Å². The monoisotopic (exact) mass is 529 g/mol. The molecule has 2 heterocycles. The minimum absolute atomic E-state index is 0.214. The second-order valence-electron chi connectivity index (χ2n) is 9.04. The van der Waals surface area contributed by atoms with Crippen LogP contribution in [0.2, 0.25) is 0 Å². The molecule has 1 aromatic heterocycles. The minimum Gasteiger partial charge on any atom is -0.487 e. The second-order valence-corrected chi connectivity index (χ2v) is 10.0. The Morgan fingerprint density at radius 3 is 2.62 bits per heavy atom. The molecule has 1 aliphatic carbocycles. The summed E-state index contributed by atoms with van der Waals surface area (Å²) in [7, 11) is 0. The number of ether oxygens (including phenoxy) is 1. The number of rotatable bonds is 5. The molecular weight excluding hydrogens is 506 g/mol. The zero-order valence-electron chi connectivity index (χ0n) is 20.1. The predicted octanol–water partition coefficient (Wildman–Crippen LogP) is 4.07. The van der Waals surface area contributed by atoms with Gasteiger partial charge in [0.2, 0.25) is 0 Å². The van der Waals surface area contributed by atoms with Crippen molar-refractivity contribution in [1.29, 1.82) is 0 Å². The van der Waals surface area contributed by atoms with Crippen LogP contribution in [0.1, 0.15) is 39.8 Å². The third-order valence-corrected chi connectivity index (χ3v) is 7.40. The number of amides is 2. The number of benzene rings is 2. The molecule has 9 heteroatoms. The Bertz CT molecular complexity index is 1530. The summed E-state index contributed by atoms with van der Waals surface area (Å²) in [5.41, 5.74) is 2.48. The van der Waals surface area contributed by atoms with Gasteiger partial charge in [-0.1, -0.05) is 66.9 Å². The average Bonchev–Trinajstić information content (AvgIpc) is 2.88. The van der Waals surface area contributed by atoms with Crippen molar-refractivity contribution in [3.63, 3.8) is 0 Å². The van der Waals surface area contributed by atoms with Crippen molar-refractivity contribution < 1.29 is 19.1 Å². The number of carbonyl (C=O) groups excluding carboxylic acids is 3. The van der Waals surface area contributed by atoms with E-state index in [4.69, 9.17) is 29.2 Å². The number of allylic oxidation sites excluding steroid dienone is 2. The van der Waals surface area contributed by atoms with E-state index in [1.54, 1.807) is 24.3 Å². The number of nitrogens with one attached hydrogen (secondary N) is 2. The summed E-state index contributed by atoms with van der Waals surface area (Å²) in [4.78, 5) is 44.2. The Balaban J connectivity index is 1.34. The van der Waals surface area contributed by atoms with Crippen molar-refractivity contribution in [1.82, 2.24) is 15.6 Å². The van der Waals surface area contributed by atoms with Crippen LogP contribution in [0.25, 0.3) is 10.9 Å². The molecule has 0 spiro atoms. The normalized spacial score (nSPS) is 20.1. The van der Waals surface area contributed by atoms with E-state index in [2.05, 4.69) is 15.6 Å². The highest BCUT2D eigenvalue weighted by Crippen LogP contribution is 2.30. The molecule has 3 unspecified atom stereocenters. The van der Waals surface area contributed by atoms with E-state index in [1.165, 1.54) is 6.07 Å². The molecule has 3 atom stereocenters. The summed E-state index contributed by atoms with van der Waals surface area (Å²) in [6, 6.07) is 14.7. The lowest BCUT2D eigenvalue weighted by molar-refractivity contribution is -0.121. The molecule has 2 N–H and O–H groups in total. The standard InChI is InChI=1S/C28H23N3O4S2/c1-14-10-11-16-6-5-9-20(23(16)29-14)35-15(2)22-21(36)13-12-19(26(22)37)30-28(34)24-25(32)17-7-3-4-8-18(17)27(33)31-24/h3-12,15,22,24H,13H2,1-2H3,(H,30,34)(H,31,33). The quantitative estimate of drug-likeness (QED) is 0.380. The first-order valence-electron chi connectivity index (χ1n) is 11.8. The van der Waals surface area contributed by atoms with Crippen LogP contribution < -0.4 is 15.4 Å². The molecule has 37 heavy (non-hydrogen) atoms. The van der Waals surface area contributed by atoms with Gasteiger partial charge in [-0.15, -0.1) is 0 Å². The molecule has 2 aromatic carbocycles. The lowest BCUT2D eigenvalue weighted by Gasteiger charge is -2.31. The van der Waals surface area contributed by atoms with Gasteiger partial charge in [-0.05, 0) is 38.5 Å². The highest BCUT2D eigenvalue weighted by Gasteiger charge is 2.38. The first-order chi connectivity index (χ1) is 17.7. The Morgan fingerprint density at radius 2 is 1.84 bits per heavy atom. The zero-order chi connectivity index (χ0) is 26.3. The van der Waals surface area contributed by atoms with Gasteiger partial charge in [0, 0.05) is 21.5 Å². The average molecular weight is 530 g/mol. The fourth-order valence-electron chi connectivity index (χ4n) is 4.63. The number of para-hydroxylation sites is 1. The van der Waals surface area contributed by atoms with Crippen LogP contribution in [-0.2, 0) is 4.79 Å². The van der Waals surface area contributed by atoms with E-state index in [-0.39, 0.29) is 11.1 Å². The van der Waals surface area contributed by atoms with Crippen LogP contribution in [0.4, 0.5) is 0 Å². The summed E-state index contributed by atoms with van der Waals surface area (Å²) in [5, 5.41) is 6.20. The number of pyridine rings is 1. The van der Waals surface area contributed by atoms with Crippen LogP contribution >= 0.6 is 24.4 Å². The maximum atomic E-state index is 13.1. The lowest BCUT2D eigenvalue weighted by atomic mass is 9.87. The van der Waals surface area contributed by atoms with E-state index >= 15 is 0 Å². The Hall–Kier alpha value is -3.82. The predicted molar refractivity (Wildman–Crippen MR) is 148 cm³/mol. The van der Waals surface area contributed by atoms with E-state index in [9.17, 15) is 14.4 Å². The van der Waals surface area contributed by atoms with Crippen LogP contribution in [-0.4, -0.2) is 44.5 Å². The van der Waals surface area contributed by atoms with Gasteiger partial charge < -0.3 is 15.4 Å². The Labute approximate surface area is 224 Å². The summed E-state index contributed by atoms with van der Waals surface area (Å²) in [5.74, 6) is -1.42. The number of aryl methyl sites for hydroxylation is 1. The van der Waals surface area contributed by atoms with Gasteiger partial charge in [-0.3, -0.25) is 14.4 Å². The van der Waals surface area contributed by atoms with Crippen LogP contribution in [0.5, 0.6) is 5.75 Å². The number of ketones is 1. The third-order valence-electron chi connectivity index (χ3n) is 6.50. The van der Waals surface area contributed by atoms with Crippen molar-refractivity contribution in [2.75, 3.05) is 0 Å². The maximum Gasteiger partial charge on any atom is 0.255 e. The number of nitrogens with zero attached hydrogens (tertiary/aromatic N) is 1. The highest BCUT2D eigenvalue weighted by molar-refractivity contribution is 7.82. The van der Waals surface area contributed by atoms with E-state index in [0.717, 1.165) is 16.6 Å². The number of fused-ring (bicyclic) bond motifs is 2. The molecule has 0 radical (unpaired) electrons. The molecule has 0 saturated carbocycles. The largest absolute Gasteiger partial charge is 0.487 e. The Morgan fingerprint density at radius 1 is 1.08 bits per heavy atom. The number of carbonyl (C=O) groups is 3. The van der Waals surface area contributed by atoms with Crippen LogP contribution in [0, 0.1) is 12.8 Å². The van der Waals surface area contributed by atoms with Gasteiger partial charge in [0.25, 0.3) is 11.8 Å². The van der Waals surface area contributed by atoms with Gasteiger partial charge >= 0.3 is 0 Å². The van der Waals surface area contributed by atoms with Crippen molar-refractivity contribution in [2.45, 2.75) is 32.4 Å². The molecule has 1 aliphatic heterocycles. The number of thiocarbonyl (C=S) groups is 2. The summed E-state index contributed by atoms with van der Waals surface area (Å²) in [6.07, 6.45) is 1.71. The van der Waals surface area contributed by atoms with Gasteiger partial charge in [0.05, 0.1) is 22.0 Å². The molecule has 186 valence electrons. The third kappa shape index (κ3) is 4.68. The molecule has 5 rings (SSSR count). The summed E-state index contributed by atoms with van der Waals surface area (Å²) >= 11 is 11.4. The highest BCUT2D eigenvalue weighted by atomic mass is 32.1. The first kappa shape index (κ1) is 24.9. The summed E-state index contributed by atoms with van der Waals surface area (Å²) < 4.78 is 6.31. The number of aromatic nitrogens is 1. The molecule has 3 aromatic rings. The van der Waals surface area contributed by atoms with Crippen LogP contribution in [0.3, 0.4) is 0 Å².